The normalized spacial score (nSPS) is 13.1. The van der Waals surface area contributed by atoms with Gasteiger partial charge in [0, 0.05) is 44.3 Å². The number of rotatable bonds is 8. The largest absolute Gasteiger partial charge is 0.510 e. The Kier molecular flexibility index (Phi) is 11.0. The molecule has 5 nitrogen and oxygen atoms in total. The molecule has 0 atom stereocenters. The molecule has 3 aromatic heterocycles. The summed E-state index contributed by atoms with van der Waals surface area (Å²) in [5.41, 5.74) is 12.1. The maximum Gasteiger partial charge on any atom is 0.268 e. The van der Waals surface area contributed by atoms with Crippen LogP contribution < -0.4 is 9.30 Å². The van der Waals surface area contributed by atoms with Crippen molar-refractivity contribution in [1.29, 1.82) is 0 Å². The molecule has 0 aliphatic carbocycles. The zero-order valence-electron chi connectivity index (χ0n) is 47.0. The van der Waals surface area contributed by atoms with E-state index in [0.29, 0.717) is 22.7 Å². The summed E-state index contributed by atoms with van der Waals surface area (Å²) in [6, 6.07) is 56.9. The van der Waals surface area contributed by atoms with Gasteiger partial charge in [-0.15, -0.1) is 29.7 Å². The summed E-state index contributed by atoms with van der Waals surface area (Å²) in [6.07, 6.45) is 5.65. The van der Waals surface area contributed by atoms with Crippen molar-refractivity contribution >= 4 is 32.8 Å². The third-order valence-electron chi connectivity index (χ3n) is 13.4. The molecule has 0 bridgehead atoms. The molecule has 0 saturated heterocycles. The molecule has 0 radical (unpaired) electrons. The Bertz CT molecular complexity index is 4010. The van der Waals surface area contributed by atoms with Crippen molar-refractivity contribution in [1.82, 2.24) is 14.1 Å². The number of hydrogen-bond acceptors (Lipinski definition) is 2. The number of benzene rings is 8. The summed E-state index contributed by atoms with van der Waals surface area (Å²) in [7, 11) is 0. The molecule has 0 aliphatic rings. The summed E-state index contributed by atoms with van der Waals surface area (Å²) in [6.45, 7) is 19.7. The maximum absolute atomic E-state index is 9.19. The number of hydrogen-bond donors (Lipinski definition) is 0. The van der Waals surface area contributed by atoms with Gasteiger partial charge in [-0.3, -0.25) is 4.57 Å². The topological polar surface area (TPSA) is 35.9 Å². The average molecular weight is 1120 g/mol. The fraction of sp³-hybridized carbons (Fsp3) is 0.182. The minimum absolute atomic E-state index is 0. The van der Waals surface area contributed by atoms with Crippen molar-refractivity contribution in [2.45, 2.75) is 78.6 Å². The number of ether oxygens (including phenoxy) is 1. The van der Waals surface area contributed by atoms with Crippen molar-refractivity contribution in [2.24, 2.45) is 0 Å². The Morgan fingerprint density at radius 1 is 0.528 bits per heavy atom. The second-order valence-electron chi connectivity index (χ2n) is 21.4. The minimum Gasteiger partial charge on any atom is -0.510 e. The minimum atomic E-state index is -0.436. The maximum atomic E-state index is 9.19. The standard InChI is InChI=1S/C66H58N4O.Pt/c1-64(2,3)48-24-17-22-45(36-48)56-38-47(44-20-11-10-12-21-44)39-57(46-23-18-25-49(37-46)65(4,5)6)63(56)69-43-68(59-30-15-16-31-60(59)69)51-26-19-27-52(41-51)71-53-32-33-55-54-28-13-14-29-58(54)70(61(55)42-53)62-40-50(34-35-67-62)66(7,8)9;/h10-40H,1-9H3;/q-2;/i10D,11D,12D,20D,21D;. The van der Waals surface area contributed by atoms with Crippen LogP contribution in [0, 0.1) is 18.5 Å². The number of nitrogens with zero attached hydrogens (tertiary/aromatic N) is 4. The number of imidazole rings is 1. The third-order valence-corrected chi connectivity index (χ3v) is 13.4. The monoisotopic (exact) mass is 1120 g/mol. The molecule has 0 saturated carbocycles. The molecule has 360 valence electrons. The predicted molar refractivity (Wildman–Crippen MR) is 292 cm³/mol. The predicted octanol–water partition coefficient (Wildman–Crippen LogP) is 16.5. The van der Waals surface area contributed by atoms with Crippen molar-refractivity contribution in [2.75, 3.05) is 0 Å². The first-order valence-corrected chi connectivity index (χ1v) is 24.2. The van der Waals surface area contributed by atoms with E-state index in [1.807, 2.05) is 65.4 Å². The molecule has 11 aromatic rings. The molecule has 0 spiro atoms. The molecule has 11 rings (SSSR count). The molecule has 0 N–H and O–H groups in total. The fourth-order valence-corrected chi connectivity index (χ4v) is 9.49. The quantitative estimate of drug-likeness (QED) is 0.112. The van der Waals surface area contributed by atoms with E-state index in [2.05, 4.69) is 187 Å². The molecule has 72 heavy (non-hydrogen) atoms. The zero-order valence-corrected chi connectivity index (χ0v) is 44.3. The van der Waals surface area contributed by atoms with Crippen molar-refractivity contribution in [3.8, 4) is 62.1 Å². The Balaban J connectivity index is 0.00000672. The molecule has 6 heteroatoms. The van der Waals surface area contributed by atoms with Gasteiger partial charge in [-0.25, -0.2) is 4.98 Å². The van der Waals surface area contributed by atoms with Crippen LogP contribution in [0.15, 0.2) is 188 Å². The first-order chi connectivity index (χ1) is 36.2. The first kappa shape index (κ1) is 42.4. The van der Waals surface area contributed by atoms with E-state index >= 15 is 0 Å². The Morgan fingerprint density at radius 2 is 1.12 bits per heavy atom. The molecule has 0 aliphatic heterocycles. The van der Waals surface area contributed by atoms with Gasteiger partial charge in [0.15, 0.2) is 0 Å². The SMILES string of the molecule is [2H]c1c([2H])c([2H])c(-c2cc(-c3cccc(C(C)(C)C)c3)c(-[n+]3[c-]n(-c4[c-]c(Oc5[c-]c6c(cc5)c5ccccc5n6-c5cc(C(C)(C)C)ccn5)ccc4)c4ccccc43)c(-c3cccc(C(C)(C)C)c3)c2)c([2H])c1[2H].[Pt]. The van der Waals surface area contributed by atoms with Gasteiger partial charge in [0.1, 0.15) is 5.82 Å². The average Bonchev–Trinajstić information content (AvgIpc) is 4.13. The summed E-state index contributed by atoms with van der Waals surface area (Å²) in [5, 5.41) is 2.14. The van der Waals surface area contributed by atoms with Gasteiger partial charge in [0.05, 0.1) is 23.6 Å². The fourth-order valence-electron chi connectivity index (χ4n) is 9.49. The van der Waals surface area contributed by atoms with E-state index < -0.39 is 6.04 Å². The molecule has 3 heterocycles. The van der Waals surface area contributed by atoms with E-state index in [9.17, 15) is 2.74 Å². The van der Waals surface area contributed by atoms with Crippen LogP contribution in [0.25, 0.3) is 83.4 Å². The van der Waals surface area contributed by atoms with Gasteiger partial charge >= 0.3 is 0 Å². The zero-order chi connectivity index (χ0) is 53.6. The van der Waals surface area contributed by atoms with Crippen molar-refractivity contribution in [3.63, 3.8) is 0 Å². The first-order valence-electron chi connectivity index (χ1n) is 26.7. The van der Waals surface area contributed by atoms with E-state index in [0.717, 1.165) is 77.7 Å². The van der Waals surface area contributed by atoms with Crippen LogP contribution in [0.2, 0.25) is 0 Å². The van der Waals surface area contributed by atoms with E-state index in [-0.39, 0.29) is 67.0 Å². The van der Waals surface area contributed by atoms with Crippen LogP contribution in [0.5, 0.6) is 11.5 Å². The van der Waals surface area contributed by atoms with Gasteiger partial charge in [-0.1, -0.05) is 189 Å². The van der Waals surface area contributed by atoms with Crippen LogP contribution in [0.4, 0.5) is 0 Å². The van der Waals surface area contributed by atoms with Gasteiger partial charge in [-0.2, -0.15) is 18.2 Å². The van der Waals surface area contributed by atoms with Gasteiger partial charge in [0.2, 0.25) is 0 Å². The number of aromatic nitrogens is 4. The number of pyridine rings is 1. The number of para-hydroxylation sites is 3. The second-order valence-corrected chi connectivity index (χ2v) is 21.4. The van der Waals surface area contributed by atoms with Crippen LogP contribution in [0.3, 0.4) is 0 Å². The van der Waals surface area contributed by atoms with Crippen LogP contribution in [0.1, 0.15) is 85.9 Å². The van der Waals surface area contributed by atoms with Crippen molar-refractivity contribution < 1.29 is 37.2 Å². The van der Waals surface area contributed by atoms with Gasteiger partial charge in [0.25, 0.3) is 6.33 Å². The van der Waals surface area contributed by atoms with E-state index in [4.69, 9.17) is 13.8 Å². The summed E-state index contributed by atoms with van der Waals surface area (Å²) in [4.78, 5) is 4.86. The Morgan fingerprint density at radius 3 is 1.79 bits per heavy atom. The van der Waals surface area contributed by atoms with Crippen LogP contribution in [-0.2, 0) is 37.3 Å². The van der Waals surface area contributed by atoms with Crippen LogP contribution >= 0.6 is 0 Å². The van der Waals surface area contributed by atoms with E-state index in [1.165, 1.54) is 5.56 Å². The summed E-state index contributed by atoms with van der Waals surface area (Å²) in [5.74, 6) is 1.82. The van der Waals surface area contributed by atoms with Crippen molar-refractivity contribution in [3.05, 3.63) is 223 Å². The van der Waals surface area contributed by atoms with Gasteiger partial charge < -0.3 is 13.9 Å². The summed E-state index contributed by atoms with van der Waals surface area (Å²) >= 11 is 0. The smallest absolute Gasteiger partial charge is 0.268 e. The molecule has 0 unspecified atom stereocenters. The third kappa shape index (κ3) is 9.12. The molecule has 0 fully saturated rings. The molecule has 0 amide bonds. The molecular formula is C66H58N4OPt-2. The molecule has 8 aromatic carbocycles. The summed E-state index contributed by atoms with van der Waals surface area (Å²) < 4.78 is 57.2. The Labute approximate surface area is 445 Å². The van der Waals surface area contributed by atoms with Crippen LogP contribution in [-0.4, -0.2) is 14.1 Å². The molecular weight excluding hydrogens is 1060 g/mol. The second kappa shape index (κ2) is 18.7. The Hall–Kier alpha value is -7.33. The van der Waals surface area contributed by atoms with E-state index in [1.54, 1.807) is 0 Å². The van der Waals surface area contributed by atoms with Gasteiger partial charge in [-0.05, 0) is 108 Å². The number of fused-ring (bicyclic) bond motifs is 4.